The van der Waals surface area contributed by atoms with Crippen molar-refractivity contribution in [3.63, 3.8) is 0 Å². The van der Waals surface area contributed by atoms with Gasteiger partial charge in [-0.2, -0.15) is 92.2 Å². The molecular formula is C56H27F37N8Zn. The van der Waals surface area contributed by atoms with Crippen molar-refractivity contribution in [2.24, 2.45) is 0 Å². The topological polar surface area (TPSA) is 106 Å². The zero-order valence-corrected chi connectivity index (χ0v) is 53.7. The van der Waals surface area contributed by atoms with Crippen LogP contribution in [0.25, 0.3) is 89.7 Å². The minimum absolute atomic E-state index is 0. The molecule has 0 fully saturated rings. The van der Waals surface area contributed by atoms with Crippen molar-refractivity contribution < 1.29 is 182 Å². The molecule has 0 aliphatic carbocycles. The predicted molar refractivity (Wildman–Crippen MR) is 269 cm³/mol. The molecule has 5 heterocycles. The van der Waals surface area contributed by atoms with Crippen LogP contribution in [0, 0.1) is 46.5 Å². The third kappa shape index (κ3) is 11.1. The molecule has 5 atom stereocenters. The van der Waals surface area contributed by atoms with Gasteiger partial charge in [-0.25, -0.2) is 80.2 Å². The number of halogens is 37. The Hall–Kier alpha value is -7.73. The number of nitrogens with zero attached hydrogens (tertiary/aromatic N) is 8. The second-order valence-electron chi connectivity index (χ2n) is 24.1. The van der Waals surface area contributed by atoms with Crippen LogP contribution in [0.1, 0.15) is 107 Å². The summed E-state index contributed by atoms with van der Waals surface area (Å²) >= 11 is 0. The predicted octanol–water partition coefficient (Wildman–Crippen LogP) is 20.7. The van der Waals surface area contributed by atoms with Gasteiger partial charge < -0.3 is 29.9 Å². The number of benzene rings is 4. The second kappa shape index (κ2) is 22.9. The molecule has 2 aliphatic heterocycles. The van der Waals surface area contributed by atoms with E-state index in [0.717, 1.165) is 0 Å². The van der Waals surface area contributed by atoms with Crippen molar-refractivity contribution in [3.8, 4) is 45.6 Å². The van der Waals surface area contributed by atoms with E-state index in [1.807, 2.05) is 0 Å². The van der Waals surface area contributed by atoms with Crippen molar-refractivity contribution in [3.05, 3.63) is 91.0 Å². The van der Waals surface area contributed by atoms with Crippen molar-refractivity contribution >= 4 is 44.1 Å². The first kappa shape index (κ1) is 80.0. The average molecular weight is 1580 g/mol. The fourth-order valence-corrected chi connectivity index (χ4v) is 11.1. The molecule has 3 aromatic heterocycles. The van der Waals surface area contributed by atoms with Crippen LogP contribution in [0.3, 0.4) is 0 Å². The van der Waals surface area contributed by atoms with Gasteiger partial charge in [-0.1, -0.05) is 0 Å². The maximum atomic E-state index is 17.7. The summed E-state index contributed by atoms with van der Waals surface area (Å²) in [5.74, 6) is -38.0. The molecular weight excluding hydrogens is 1550 g/mol. The Balaban J connectivity index is 0.0000132. The molecule has 0 N–H and O–H groups in total. The summed E-state index contributed by atoms with van der Waals surface area (Å²) in [4.78, 5) is 25.0. The summed E-state index contributed by atoms with van der Waals surface area (Å²) in [6.07, 6.45) is -51.0. The molecule has 552 valence electrons. The van der Waals surface area contributed by atoms with E-state index in [9.17, 15) is 92.2 Å². The number of aromatic nitrogens is 8. The Morgan fingerprint density at radius 2 is 0.382 bits per heavy atom. The van der Waals surface area contributed by atoms with E-state index in [-0.39, 0.29) is 47.2 Å². The third-order valence-electron chi connectivity index (χ3n) is 16.3. The van der Waals surface area contributed by atoms with Crippen LogP contribution in [0.4, 0.5) is 162 Å². The van der Waals surface area contributed by atoms with Crippen LogP contribution in [0.15, 0.2) is 0 Å². The van der Waals surface area contributed by atoms with Crippen molar-refractivity contribution in [2.75, 3.05) is 0 Å². The molecule has 0 unspecified atom stereocenters. The molecule has 8 bridgehead atoms. The van der Waals surface area contributed by atoms with Crippen molar-refractivity contribution in [1.29, 1.82) is 0 Å². The molecule has 4 aromatic carbocycles. The normalized spacial score (nSPS) is 17.0. The molecule has 9 rings (SSSR count). The Bertz CT molecular complexity index is 4880. The Kier molecular flexibility index (Phi) is 17.9. The van der Waals surface area contributed by atoms with Gasteiger partial charge in [-0.3, -0.25) is 0 Å². The number of hydrogen-bond donors (Lipinski definition) is 0. The molecule has 0 saturated heterocycles. The summed E-state index contributed by atoms with van der Waals surface area (Å²) in [7, 11) is 0. The third-order valence-corrected chi connectivity index (χ3v) is 16.3. The largest absolute Gasteiger partial charge is 2.00 e. The van der Waals surface area contributed by atoms with E-state index in [1.54, 1.807) is 0 Å². The molecule has 8 nitrogen and oxygen atoms in total. The monoisotopic (exact) mass is 1580 g/mol. The number of hydrogen-bond acceptors (Lipinski definition) is 6. The van der Waals surface area contributed by atoms with Crippen LogP contribution >= 0.6 is 0 Å². The summed E-state index contributed by atoms with van der Waals surface area (Å²) in [6.45, 7) is -4.87. The SMILES string of the molecule is CC(C)(F)c1c(F)c2c(c(F)c1[C@](C)(F)C(F)(F)F)-c1nc-2nc2[n-]c(nc3nc(nc4[n-]c(n1)c1c(F)c([C@](C)(F)C(F)(F)F)c([C@](C)(F)C(F)(F)F)c(F)c41)-c1c(F)c(C(F)(C(F)(F)F)C(F)(F)F)c([C@@](C)(F)C(F)(F)F)c(F)c1-3)c1c(F)c([C@@](C)(F)C(F)(F)F)c(C(C)(C)F)c(F)c21.[Zn+2]. The summed E-state index contributed by atoms with van der Waals surface area (Å²) in [6, 6.07) is 0. The van der Waals surface area contributed by atoms with E-state index >= 15 is 70.2 Å². The van der Waals surface area contributed by atoms with Gasteiger partial charge in [0.15, 0.2) is 0 Å². The van der Waals surface area contributed by atoms with E-state index in [2.05, 4.69) is 39.9 Å². The quantitative estimate of drug-likeness (QED) is 0.109. The summed E-state index contributed by atoms with van der Waals surface area (Å²) < 4.78 is 583. The Morgan fingerprint density at radius 3 is 0.588 bits per heavy atom. The van der Waals surface area contributed by atoms with Crippen LogP contribution < -0.4 is 9.97 Å². The van der Waals surface area contributed by atoms with Gasteiger partial charge in [0.05, 0.1) is 51.1 Å². The molecule has 102 heavy (non-hydrogen) atoms. The van der Waals surface area contributed by atoms with E-state index in [4.69, 9.17) is 0 Å². The van der Waals surface area contributed by atoms with Gasteiger partial charge in [-0.15, -0.1) is 0 Å². The molecule has 0 amide bonds. The van der Waals surface area contributed by atoms with E-state index in [1.165, 1.54) is 0 Å². The number of rotatable bonds is 8. The minimum atomic E-state index is -8.13. The van der Waals surface area contributed by atoms with Crippen LogP contribution in [-0.4, -0.2) is 73.1 Å². The van der Waals surface area contributed by atoms with Gasteiger partial charge in [0.2, 0.25) is 28.3 Å². The number of alkyl halides is 29. The zero-order valence-electron chi connectivity index (χ0n) is 50.8. The minimum Gasteiger partial charge on any atom is -0.357 e. The van der Waals surface area contributed by atoms with Gasteiger partial charge in [0.1, 0.15) is 57.9 Å². The first-order valence-corrected chi connectivity index (χ1v) is 26.8. The van der Waals surface area contributed by atoms with E-state index < -0.39 is 304 Å². The molecule has 2 aliphatic rings. The van der Waals surface area contributed by atoms with Gasteiger partial charge in [0, 0.05) is 83.1 Å². The standard InChI is InChI=1S/C56H27F37N8.Zn/c1-42(2,65)18-20(44(5,67)50(73,74)75)28(59)12-10(26(18)57)34-94-35-11-13(29(60)21(45(6,68)51(76,77)78)19(27(11)58)43(3,4)66)37(96-35)98-40-16-17(33(64)25(49(72,55(88,89)90)56(91,92)93)24(32(16)63)48(9,71)54(85,86)87)41(101-40)100-39-15-14(38(99-39)97-36(12)95-34)30(61)22(46(7,69)52(79,80)81)23(31(15)62)47(8,70)53(82,83)84;/h1-9H3;/q-2;+2/t44-,45+,46-,47-,48+;/m0./s1. The maximum absolute atomic E-state index is 17.7. The van der Waals surface area contributed by atoms with Crippen molar-refractivity contribution in [2.45, 2.75) is 151 Å². The maximum Gasteiger partial charge on any atom is 2.00 e. The molecule has 0 saturated carbocycles. The Labute approximate surface area is 552 Å². The van der Waals surface area contributed by atoms with Crippen LogP contribution in [0.2, 0.25) is 0 Å². The molecule has 0 radical (unpaired) electrons. The van der Waals surface area contributed by atoms with Crippen LogP contribution in [-0.2, 0) is 64.8 Å². The fraction of sp³-hybridized carbons (Fsp3) is 0.429. The van der Waals surface area contributed by atoms with Gasteiger partial charge in [0.25, 0.3) is 0 Å². The number of fused-ring (bicyclic) bond motifs is 20. The molecule has 7 aromatic rings. The van der Waals surface area contributed by atoms with Crippen molar-refractivity contribution in [1.82, 2.24) is 39.9 Å². The first-order chi connectivity index (χ1) is 44.9. The Morgan fingerprint density at radius 1 is 0.216 bits per heavy atom. The smallest absolute Gasteiger partial charge is 0.357 e. The van der Waals surface area contributed by atoms with E-state index in [0.29, 0.717) is 0 Å². The summed E-state index contributed by atoms with van der Waals surface area (Å²) in [5.41, 5.74) is -93.9. The van der Waals surface area contributed by atoms with Gasteiger partial charge in [-0.05, 0) is 62.3 Å². The summed E-state index contributed by atoms with van der Waals surface area (Å²) in [5, 5.41) is -10.5. The first-order valence-electron chi connectivity index (χ1n) is 26.8. The molecule has 46 heteroatoms. The fourth-order valence-electron chi connectivity index (χ4n) is 11.1. The average Bonchev–Trinajstić information content (AvgIpc) is 1.43. The zero-order chi connectivity index (χ0) is 77.6. The van der Waals surface area contributed by atoms with Crippen LogP contribution in [0.5, 0.6) is 0 Å². The second-order valence-corrected chi connectivity index (χ2v) is 24.1. The molecule has 0 spiro atoms. The van der Waals surface area contributed by atoms with Gasteiger partial charge >= 0.3 is 68.4 Å².